The normalized spacial score (nSPS) is 10.9. The minimum atomic E-state index is -0.359. The van der Waals surface area contributed by atoms with Gasteiger partial charge in [-0.05, 0) is 36.7 Å². The van der Waals surface area contributed by atoms with Crippen LogP contribution in [0.1, 0.15) is 35.2 Å². The van der Waals surface area contributed by atoms with E-state index in [2.05, 4.69) is 41.9 Å². The lowest BCUT2D eigenvalue weighted by molar-refractivity contribution is -0.116. The van der Waals surface area contributed by atoms with Crippen LogP contribution < -0.4 is 10.6 Å². The van der Waals surface area contributed by atoms with Gasteiger partial charge in [-0.2, -0.15) is 15.3 Å². The molecule has 2 amide bonds. The summed E-state index contributed by atoms with van der Waals surface area (Å²) in [7, 11) is 1.80. The fourth-order valence-corrected chi connectivity index (χ4v) is 3.12. The third-order valence-electron chi connectivity index (χ3n) is 4.71. The van der Waals surface area contributed by atoms with E-state index in [4.69, 9.17) is 0 Å². The second kappa shape index (κ2) is 8.60. The third kappa shape index (κ3) is 4.39. The number of carbonyl (C=O) groups is 2. The number of hydrogen-bond acceptors (Lipinski definition) is 5. The minimum absolute atomic E-state index is 0.217. The van der Waals surface area contributed by atoms with Crippen LogP contribution in [0.15, 0.2) is 23.1 Å². The molecule has 3 aromatic heterocycles. The van der Waals surface area contributed by atoms with Gasteiger partial charge in [0, 0.05) is 25.7 Å². The molecule has 10 nitrogen and oxygen atoms in total. The predicted octanol–water partition coefficient (Wildman–Crippen LogP) is 2.49. The van der Waals surface area contributed by atoms with Crippen LogP contribution in [0.4, 0.5) is 11.4 Å². The van der Waals surface area contributed by atoms with E-state index in [1.165, 1.54) is 6.20 Å². The van der Waals surface area contributed by atoms with Gasteiger partial charge in [-0.3, -0.25) is 23.6 Å². The first-order chi connectivity index (χ1) is 13.8. The topological polar surface area (TPSA) is 112 Å². The van der Waals surface area contributed by atoms with Crippen LogP contribution in [0.5, 0.6) is 0 Å². The molecule has 0 aromatic carbocycles. The van der Waals surface area contributed by atoms with E-state index in [1.54, 1.807) is 33.5 Å². The maximum atomic E-state index is 12.9. The van der Waals surface area contributed by atoms with Gasteiger partial charge in [-0.25, -0.2) is 0 Å². The van der Waals surface area contributed by atoms with Gasteiger partial charge < -0.3 is 10.6 Å². The van der Waals surface area contributed by atoms with Crippen molar-refractivity contribution in [2.75, 3.05) is 10.6 Å². The van der Waals surface area contributed by atoms with E-state index in [9.17, 15) is 9.59 Å². The van der Waals surface area contributed by atoms with Crippen LogP contribution in [0, 0.1) is 13.8 Å². The Labute approximate surface area is 176 Å². The number of carbonyl (C=O) groups excluding carboxylic acids is 2. The molecule has 0 radical (unpaired) electrons. The standard InChI is InChI=1S/C18H23BrN8O2/c1-5-26-17(18(29)24-14-9-20-25(4)12(14)3)15(10-22-26)23-16(28)6-7-27-11(2)13(19)8-21-27/h8-10H,5-7H2,1-4H3,(H,23,28)(H,24,29). The van der Waals surface area contributed by atoms with Crippen LogP contribution in [0.3, 0.4) is 0 Å². The van der Waals surface area contributed by atoms with E-state index in [-0.39, 0.29) is 18.2 Å². The number of nitrogens with one attached hydrogen (secondary N) is 2. The molecule has 0 spiro atoms. The third-order valence-corrected chi connectivity index (χ3v) is 5.48. The van der Waals surface area contributed by atoms with Gasteiger partial charge in [0.25, 0.3) is 5.91 Å². The summed E-state index contributed by atoms with van der Waals surface area (Å²) in [4.78, 5) is 25.3. The molecule has 154 valence electrons. The number of amides is 2. The highest BCUT2D eigenvalue weighted by molar-refractivity contribution is 9.10. The Kier molecular flexibility index (Phi) is 6.16. The van der Waals surface area contributed by atoms with Crippen molar-refractivity contribution < 1.29 is 9.59 Å². The number of rotatable bonds is 7. The average Bonchev–Trinajstić information content (AvgIpc) is 3.34. The van der Waals surface area contributed by atoms with Gasteiger partial charge in [0.1, 0.15) is 5.69 Å². The van der Waals surface area contributed by atoms with E-state index in [0.717, 1.165) is 15.9 Å². The summed E-state index contributed by atoms with van der Waals surface area (Å²) < 4.78 is 5.86. The first kappa shape index (κ1) is 20.8. The van der Waals surface area contributed by atoms with Crippen molar-refractivity contribution in [3.8, 4) is 0 Å². The molecule has 0 atom stereocenters. The van der Waals surface area contributed by atoms with E-state index >= 15 is 0 Å². The van der Waals surface area contributed by atoms with Crippen molar-refractivity contribution in [2.45, 2.75) is 40.3 Å². The van der Waals surface area contributed by atoms with Crippen LogP contribution in [-0.4, -0.2) is 41.2 Å². The minimum Gasteiger partial charge on any atom is -0.323 e. The molecule has 0 saturated heterocycles. The van der Waals surface area contributed by atoms with Crippen molar-refractivity contribution in [3.05, 3.63) is 40.1 Å². The molecule has 0 aliphatic carbocycles. The monoisotopic (exact) mass is 462 g/mol. The van der Waals surface area contributed by atoms with Crippen LogP contribution in [0.25, 0.3) is 0 Å². The summed E-state index contributed by atoms with van der Waals surface area (Å²) in [6, 6.07) is 0. The van der Waals surface area contributed by atoms with Crippen LogP contribution >= 0.6 is 15.9 Å². The maximum Gasteiger partial charge on any atom is 0.276 e. The number of nitrogens with zero attached hydrogens (tertiary/aromatic N) is 6. The molecular weight excluding hydrogens is 440 g/mol. The van der Waals surface area contributed by atoms with Gasteiger partial charge >= 0.3 is 0 Å². The average molecular weight is 463 g/mol. The lowest BCUT2D eigenvalue weighted by Gasteiger charge is -2.10. The van der Waals surface area contributed by atoms with Crippen molar-refractivity contribution >= 4 is 39.1 Å². The van der Waals surface area contributed by atoms with Crippen molar-refractivity contribution in [1.29, 1.82) is 0 Å². The predicted molar refractivity (Wildman–Crippen MR) is 112 cm³/mol. The van der Waals surface area contributed by atoms with E-state index < -0.39 is 0 Å². The Morgan fingerprint density at radius 1 is 1.00 bits per heavy atom. The number of aryl methyl sites for hydroxylation is 3. The molecule has 0 unspecified atom stereocenters. The zero-order chi connectivity index (χ0) is 21.1. The molecule has 3 heterocycles. The lowest BCUT2D eigenvalue weighted by Crippen LogP contribution is -2.22. The zero-order valence-electron chi connectivity index (χ0n) is 16.7. The van der Waals surface area contributed by atoms with Crippen LogP contribution in [-0.2, 0) is 24.9 Å². The first-order valence-electron chi connectivity index (χ1n) is 9.15. The van der Waals surface area contributed by atoms with Gasteiger partial charge in [0.2, 0.25) is 5.91 Å². The number of halogens is 1. The summed E-state index contributed by atoms with van der Waals surface area (Å²) in [6.07, 6.45) is 4.99. The molecule has 3 aromatic rings. The summed E-state index contributed by atoms with van der Waals surface area (Å²) in [6.45, 7) is 6.58. The first-order valence-corrected chi connectivity index (χ1v) is 9.94. The van der Waals surface area contributed by atoms with Crippen molar-refractivity contribution in [2.24, 2.45) is 7.05 Å². The Balaban J connectivity index is 1.72. The SMILES string of the molecule is CCn1ncc(NC(=O)CCn2ncc(Br)c2C)c1C(=O)Nc1cnn(C)c1C. The zero-order valence-corrected chi connectivity index (χ0v) is 18.3. The van der Waals surface area contributed by atoms with Crippen molar-refractivity contribution in [1.82, 2.24) is 29.3 Å². The Hall–Kier alpha value is -2.95. The van der Waals surface area contributed by atoms with Gasteiger partial charge in [0.05, 0.1) is 46.7 Å². The summed E-state index contributed by atoms with van der Waals surface area (Å²) >= 11 is 3.40. The molecule has 0 aliphatic rings. The second-order valence-corrected chi connectivity index (χ2v) is 7.40. The number of anilines is 2. The summed E-state index contributed by atoms with van der Waals surface area (Å²) in [5, 5.41) is 18.2. The van der Waals surface area contributed by atoms with Gasteiger partial charge in [-0.1, -0.05) is 0 Å². The smallest absolute Gasteiger partial charge is 0.276 e. The molecule has 11 heteroatoms. The summed E-state index contributed by atoms with van der Waals surface area (Å²) in [5.74, 6) is -0.583. The molecule has 0 bridgehead atoms. The molecule has 29 heavy (non-hydrogen) atoms. The quantitative estimate of drug-likeness (QED) is 0.559. The highest BCUT2D eigenvalue weighted by Crippen LogP contribution is 2.20. The fraction of sp³-hybridized carbons (Fsp3) is 0.389. The highest BCUT2D eigenvalue weighted by Gasteiger charge is 2.21. The maximum absolute atomic E-state index is 12.9. The lowest BCUT2D eigenvalue weighted by atomic mass is 10.3. The number of aromatic nitrogens is 6. The Morgan fingerprint density at radius 2 is 1.69 bits per heavy atom. The van der Waals surface area contributed by atoms with E-state index in [1.807, 2.05) is 20.8 Å². The van der Waals surface area contributed by atoms with Gasteiger partial charge in [-0.15, -0.1) is 0 Å². The number of hydrogen-bond donors (Lipinski definition) is 2. The molecular formula is C18H23BrN8O2. The second-order valence-electron chi connectivity index (χ2n) is 6.54. The fourth-order valence-electron chi connectivity index (χ4n) is 2.83. The molecule has 0 fully saturated rings. The summed E-state index contributed by atoms with van der Waals surface area (Å²) in [5.41, 5.74) is 3.05. The Bertz CT molecular complexity index is 1050. The van der Waals surface area contributed by atoms with Gasteiger partial charge in [0.15, 0.2) is 0 Å². The largest absolute Gasteiger partial charge is 0.323 e. The Morgan fingerprint density at radius 3 is 2.28 bits per heavy atom. The van der Waals surface area contributed by atoms with E-state index in [0.29, 0.717) is 30.2 Å². The highest BCUT2D eigenvalue weighted by atomic mass is 79.9. The molecule has 0 aliphatic heterocycles. The van der Waals surface area contributed by atoms with Crippen LogP contribution in [0.2, 0.25) is 0 Å². The molecule has 3 rings (SSSR count). The van der Waals surface area contributed by atoms with Crippen molar-refractivity contribution in [3.63, 3.8) is 0 Å². The molecule has 0 saturated carbocycles. The molecule has 2 N–H and O–H groups in total.